The minimum absolute atomic E-state index is 0.284. The maximum absolute atomic E-state index is 12.0. The quantitative estimate of drug-likeness (QED) is 0.839. The molecule has 1 aromatic heterocycles. The summed E-state index contributed by atoms with van der Waals surface area (Å²) < 4.78 is 12.9. The highest BCUT2D eigenvalue weighted by molar-refractivity contribution is 7.98. The molecule has 2 heterocycles. The van der Waals surface area contributed by atoms with Gasteiger partial charge in [-0.15, -0.1) is 0 Å². The number of thioether (sulfide) groups is 1. The Bertz CT molecular complexity index is 717. The van der Waals surface area contributed by atoms with Crippen molar-refractivity contribution in [3.8, 4) is 11.5 Å². The zero-order valence-corrected chi connectivity index (χ0v) is 13.8. The number of hydrogen-bond acceptors (Lipinski definition) is 5. The topological polar surface area (TPSA) is 77.4 Å². The van der Waals surface area contributed by atoms with Gasteiger partial charge in [-0.1, -0.05) is 11.8 Å². The van der Waals surface area contributed by atoms with Crippen LogP contribution in [0.5, 0.6) is 11.5 Å². The first-order valence-corrected chi connectivity index (χ1v) is 8.39. The molecule has 2 aromatic rings. The van der Waals surface area contributed by atoms with Crippen molar-refractivity contribution in [2.24, 2.45) is 7.05 Å². The molecule has 2 amide bonds. The molecule has 0 unspecified atom stereocenters. The first-order valence-electron chi connectivity index (χ1n) is 7.16. The van der Waals surface area contributed by atoms with E-state index in [1.165, 1.54) is 0 Å². The fourth-order valence-electron chi connectivity index (χ4n) is 2.25. The van der Waals surface area contributed by atoms with Gasteiger partial charge >= 0.3 is 6.03 Å². The van der Waals surface area contributed by atoms with E-state index in [2.05, 4.69) is 15.6 Å². The normalized spacial score (nSPS) is 12.8. The molecule has 0 saturated heterocycles. The van der Waals surface area contributed by atoms with Gasteiger partial charge < -0.3 is 24.7 Å². The number of fused-ring (bicyclic) bond motifs is 1. The fraction of sp³-hybridized carbons (Fsp3) is 0.333. The van der Waals surface area contributed by atoms with E-state index in [1.54, 1.807) is 36.2 Å². The lowest BCUT2D eigenvalue weighted by Crippen LogP contribution is -2.29. The van der Waals surface area contributed by atoms with E-state index in [0.717, 1.165) is 10.9 Å². The number of imidazole rings is 1. The van der Waals surface area contributed by atoms with E-state index in [0.29, 0.717) is 36.9 Å². The highest BCUT2D eigenvalue weighted by atomic mass is 32.2. The van der Waals surface area contributed by atoms with Crippen LogP contribution in [0.1, 0.15) is 5.69 Å². The van der Waals surface area contributed by atoms with Crippen molar-refractivity contribution in [1.82, 2.24) is 14.9 Å². The van der Waals surface area contributed by atoms with Gasteiger partial charge in [-0.3, -0.25) is 0 Å². The third-order valence-electron chi connectivity index (χ3n) is 3.45. The Morgan fingerprint density at radius 1 is 1.35 bits per heavy atom. The number of amides is 2. The molecule has 2 N–H and O–H groups in total. The monoisotopic (exact) mass is 334 g/mol. The summed E-state index contributed by atoms with van der Waals surface area (Å²) in [6.45, 7) is 1.46. The number of hydrogen-bond donors (Lipinski definition) is 2. The number of ether oxygens (including phenoxy) is 2. The van der Waals surface area contributed by atoms with Crippen molar-refractivity contribution in [3.63, 3.8) is 0 Å². The van der Waals surface area contributed by atoms with Crippen LogP contribution in [0.15, 0.2) is 29.6 Å². The molecule has 1 aromatic carbocycles. The van der Waals surface area contributed by atoms with Crippen LogP contribution in [0.3, 0.4) is 0 Å². The molecule has 0 saturated carbocycles. The molecule has 0 radical (unpaired) electrons. The molecule has 1 aliphatic rings. The SMILES string of the molecule is CSc1ncc(CNC(=O)Nc2ccc3c(c2)OCCO3)n1C. The Labute approximate surface area is 138 Å². The number of benzene rings is 1. The second-order valence-electron chi connectivity index (χ2n) is 4.96. The first-order chi connectivity index (χ1) is 11.2. The van der Waals surface area contributed by atoms with E-state index < -0.39 is 0 Å². The number of carbonyl (C=O) groups is 1. The lowest BCUT2D eigenvalue weighted by Gasteiger charge is -2.19. The minimum atomic E-state index is -0.284. The predicted octanol–water partition coefficient (Wildman–Crippen LogP) is 2.23. The third-order valence-corrected chi connectivity index (χ3v) is 4.20. The van der Waals surface area contributed by atoms with E-state index in [-0.39, 0.29) is 6.03 Å². The highest BCUT2D eigenvalue weighted by Gasteiger charge is 2.13. The Hall–Kier alpha value is -2.35. The predicted molar refractivity (Wildman–Crippen MR) is 88.3 cm³/mol. The molecule has 0 atom stereocenters. The van der Waals surface area contributed by atoms with Gasteiger partial charge in [-0.05, 0) is 18.4 Å². The number of urea groups is 1. The van der Waals surface area contributed by atoms with E-state index in [9.17, 15) is 4.79 Å². The number of nitrogens with one attached hydrogen (secondary N) is 2. The summed E-state index contributed by atoms with van der Waals surface area (Å²) in [6.07, 6.45) is 3.73. The van der Waals surface area contributed by atoms with Gasteiger partial charge in [0.1, 0.15) is 13.2 Å². The lowest BCUT2D eigenvalue weighted by molar-refractivity contribution is 0.171. The zero-order chi connectivity index (χ0) is 16.2. The van der Waals surface area contributed by atoms with Gasteiger partial charge in [0, 0.05) is 18.8 Å². The third kappa shape index (κ3) is 3.53. The molecule has 23 heavy (non-hydrogen) atoms. The Morgan fingerprint density at radius 3 is 2.87 bits per heavy atom. The van der Waals surface area contributed by atoms with Gasteiger partial charge in [0.25, 0.3) is 0 Å². The van der Waals surface area contributed by atoms with Gasteiger partial charge in [0.05, 0.1) is 18.4 Å². The summed E-state index contributed by atoms with van der Waals surface area (Å²) in [4.78, 5) is 16.3. The average Bonchev–Trinajstić information content (AvgIpc) is 2.93. The molecular weight excluding hydrogens is 316 g/mol. The Balaban J connectivity index is 1.58. The van der Waals surface area contributed by atoms with Crippen LogP contribution in [0.25, 0.3) is 0 Å². The molecule has 0 aliphatic carbocycles. The lowest BCUT2D eigenvalue weighted by atomic mass is 10.2. The molecule has 1 aliphatic heterocycles. The largest absolute Gasteiger partial charge is 0.486 e. The smallest absolute Gasteiger partial charge is 0.319 e. The van der Waals surface area contributed by atoms with Crippen molar-refractivity contribution < 1.29 is 14.3 Å². The van der Waals surface area contributed by atoms with E-state index in [1.807, 2.05) is 17.9 Å². The average molecular weight is 334 g/mol. The number of aromatic nitrogens is 2. The summed E-state index contributed by atoms with van der Waals surface area (Å²) in [7, 11) is 1.93. The molecule has 7 nitrogen and oxygen atoms in total. The standard InChI is InChI=1S/C15H18N4O3S/c1-19-11(9-17-15(19)23-2)8-16-14(20)18-10-3-4-12-13(7-10)22-6-5-21-12/h3-4,7,9H,5-6,8H2,1-2H3,(H2,16,18,20). The number of carbonyl (C=O) groups excluding carboxylic acids is 1. The first kappa shape index (κ1) is 15.5. The Kier molecular flexibility index (Phi) is 4.61. The van der Waals surface area contributed by atoms with Crippen molar-refractivity contribution in [3.05, 3.63) is 30.1 Å². The number of nitrogens with zero attached hydrogens (tertiary/aromatic N) is 2. The summed E-state index contributed by atoms with van der Waals surface area (Å²) in [5.74, 6) is 1.34. The van der Waals surface area contributed by atoms with Crippen LogP contribution < -0.4 is 20.1 Å². The minimum Gasteiger partial charge on any atom is -0.486 e. The van der Waals surface area contributed by atoms with Gasteiger partial charge in [0.2, 0.25) is 0 Å². The molecule has 0 spiro atoms. The summed E-state index contributed by atoms with van der Waals surface area (Å²) in [5.41, 5.74) is 1.59. The van der Waals surface area contributed by atoms with Crippen molar-refractivity contribution in [1.29, 1.82) is 0 Å². The van der Waals surface area contributed by atoms with Crippen molar-refractivity contribution in [2.75, 3.05) is 24.8 Å². The van der Waals surface area contributed by atoms with Crippen LogP contribution in [0.2, 0.25) is 0 Å². The van der Waals surface area contributed by atoms with E-state index in [4.69, 9.17) is 9.47 Å². The molecular formula is C15H18N4O3S. The van der Waals surface area contributed by atoms with Crippen LogP contribution >= 0.6 is 11.8 Å². The Morgan fingerprint density at radius 2 is 2.13 bits per heavy atom. The van der Waals surface area contributed by atoms with Gasteiger partial charge in [-0.2, -0.15) is 0 Å². The summed E-state index contributed by atoms with van der Waals surface area (Å²) in [6, 6.07) is 5.04. The molecule has 0 fully saturated rings. The molecule has 122 valence electrons. The van der Waals surface area contributed by atoms with E-state index >= 15 is 0 Å². The fourth-order valence-corrected chi connectivity index (χ4v) is 2.80. The molecule has 3 rings (SSSR count). The molecule has 8 heteroatoms. The number of rotatable bonds is 4. The zero-order valence-electron chi connectivity index (χ0n) is 13.0. The summed E-state index contributed by atoms with van der Waals surface area (Å²) >= 11 is 1.56. The summed E-state index contributed by atoms with van der Waals surface area (Å²) in [5, 5.41) is 6.51. The highest BCUT2D eigenvalue weighted by Crippen LogP contribution is 2.32. The van der Waals surface area contributed by atoms with Crippen LogP contribution in [0, 0.1) is 0 Å². The van der Waals surface area contributed by atoms with Crippen LogP contribution in [-0.4, -0.2) is 35.1 Å². The number of anilines is 1. The molecule has 0 bridgehead atoms. The van der Waals surface area contributed by atoms with Crippen molar-refractivity contribution >= 4 is 23.5 Å². The maximum atomic E-state index is 12.0. The second-order valence-corrected chi connectivity index (χ2v) is 5.73. The van der Waals surface area contributed by atoms with Crippen molar-refractivity contribution in [2.45, 2.75) is 11.7 Å². The van der Waals surface area contributed by atoms with Crippen LogP contribution in [0.4, 0.5) is 10.5 Å². The maximum Gasteiger partial charge on any atom is 0.319 e. The van der Waals surface area contributed by atoms with Gasteiger partial charge in [-0.25, -0.2) is 9.78 Å². The van der Waals surface area contributed by atoms with Gasteiger partial charge in [0.15, 0.2) is 16.7 Å². The van der Waals surface area contributed by atoms with Crippen LogP contribution in [-0.2, 0) is 13.6 Å². The second kappa shape index (κ2) is 6.82.